The second-order valence-corrected chi connectivity index (χ2v) is 4.37. The molecule has 1 aliphatic heterocycles. The van der Waals surface area contributed by atoms with Gasteiger partial charge in [0.2, 0.25) is 0 Å². The van der Waals surface area contributed by atoms with Gasteiger partial charge in [0.15, 0.2) is 0 Å². The number of benzene rings is 1. The molecular formula is C13H12ClN3O2. The number of ether oxygens (including phenoxy) is 1. The van der Waals surface area contributed by atoms with Crippen LogP contribution in [0.5, 0.6) is 0 Å². The lowest BCUT2D eigenvalue weighted by molar-refractivity contribution is -0.135. The summed E-state index contributed by atoms with van der Waals surface area (Å²) in [4.78, 5) is 11.6. The average molecular weight is 278 g/mol. The highest BCUT2D eigenvalue weighted by molar-refractivity contribution is 6.37. The molecule has 0 amide bonds. The minimum Gasteiger partial charge on any atom is -0.461 e. The lowest BCUT2D eigenvalue weighted by atomic mass is 10.1. The van der Waals surface area contributed by atoms with Crippen LogP contribution >= 0.6 is 11.6 Å². The Balaban J connectivity index is 2.25. The number of carbonyl (C=O) groups excluding carboxylic acids is 1. The summed E-state index contributed by atoms with van der Waals surface area (Å²) in [7, 11) is 0. The smallest absolute Gasteiger partial charge is 0.354 e. The Bertz CT molecular complexity index is 548. The predicted octanol–water partition coefficient (Wildman–Crippen LogP) is 2.36. The highest BCUT2D eigenvalue weighted by Gasteiger charge is 2.31. The Hall–Kier alpha value is -2.06. The van der Waals surface area contributed by atoms with Crippen LogP contribution in [0.3, 0.4) is 0 Å². The quantitative estimate of drug-likeness (QED) is 0.796. The number of anilines is 1. The second-order valence-electron chi connectivity index (χ2n) is 3.94. The van der Waals surface area contributed by atoms with Crippen LogP contribution in [0.25, 0.3) is 0 Å². The second kappa shape index (κ2) is 5.72. The van der Waals surface area contributed by atoms with E-state index in [0.717, 1.165) is 5.69 Å². The van der Waals surface area contributed by atoms with Gasteiger partial charge in [-0.25, -0.2) is 9.80 Å². The molecule has 1 aromatic rings. The molecule has 1 unspecified atom stereocenters. The van der Waals surface area contributed by atoms with Gasteiger partial charge in [0.1, 0.15) is 11.8 Å². The maximum Gasteiger partial charge on any atom is 0.354 e. The van der Waals surface area contributed by atoms with E-state index in [1.807, 2.05) is 0 Å². The molecule has 0 spiro atoms. The van der Waals surface area contributed by atoms with Crippen molar-refractivity contribution in [2.24, 2.45) is 5.10 Å². The zero-order valence-electron chi connectivity index (χ0n) is 10.3. The van der Waals surface area contributed by atoms with Crippen molar-refractivity contribution in [1.82, 2.24) is 0 Å². The lowest BCUT2D eigenvalue weighted by Crippen LogP contribution is -2.24. The van der Waals surface area contributed by atoms with E-state index in [1.54, 1.807) is 31.2 Å². The standard InChI is InChI=1S/C13H12ClN3O2/c1-2-19-13(18)12-7-11(8-15)17(16-12)10-5-3-9(14)4-6-10/h3-6,11H,2,7H2,1H3. The van der Waals surface area contributed by atoms with Crippen molar-refractivity contribution in [2.75, 3.05) is 11.6 Å². The summed E-state index contributed by atoms with van der Waals surface area (Å²) in [6.45, 7) is 2.02. The molecule has 0 aliphatic carbocycles. The molecule has 1 heterocycles. The lowest BCUT2D eigenvalue weighted by Gasteiger charge is -2.17. The molecule has 5 nitrogen and oxygen atoms in total. The van der Waals surface area contributed by atoms with Crippen LogP contribution in [0.1, 0.15) is 13.3 Å². The summed E-state index contributed by atoms with van der Waals surface area (Å²) in [6, 6.07) is 8.56. The largest absolute Gasteiger partial charge is 0.461 e. The molecule has 0 N–H and O–H groups in total. The van der Waals surface area contributed by atoms with Crippen molar-refractivity contribution in [1.29, 1.82) is 5.26 Å². The van der Waals surface area contributed by atoms with Gasteiger partial charge in [-0.15, -0.1) is 0 Å². The van der Waals surface area contributed by atoms with Crippen LogP contribution in [-0.2, 0) is 9.53 Å². The van der Waals surface area contributed by atoms with Crippen molar-refractivity contribution >= 4 is 29.0 Å². The molecule has 6 heteroatoms. The Morgan fingerprint density at radius 3 is 2.84 bits per heavy atom. The Labute approximate surface area is 116 Å². The summed E-state index contributed by atoms with van der Waals surface area (Å²) < 4.78 is 4.90. The fraction of sp³-hybridized carbons (Fsp3) is 0.308. The molecule has 1 atom stereocenters. The van der Waals surface area contributed by atoms with Gasteiger partial charge in [-0.2, -0.15) is 10.4 Å². The van der Waals surface area contributed by atoms with Crippen LogP contribution in [0.4, 0.5) is 5.69 Å². The van der Waals surface area contributed by atoms with E-state index in [4.69, 9.17) is 21.6 Å². The number of nitrogens with zero attached hydrogens (tertiary/aromatic N) is 3. The van der Waals surface area contributed by atoms with Crippen LogP contribution < -0.4 is 5.01 Å². The third-order valence-corrected chi connectivity index (χ3v) is 2.91. The van der Waals surface area contributed by atoms with Gasteiger partial charge in [0.05, 0.1) is 18.4 Å². The SMILES string of the molecule is CCOC(=O)C1=NN(c2ccc(Cl)cc2)C(C#N)C1. The minimum atomic E-state index is -0.499. The molecule has 1 aliphatic rings. The van der Waals surface area contributed by atoms with Crippen molar-refractivity contribution in [3.63, 3.8) is 0 Å². The highest BCUT2D eigenvalue weighted by Crippen LogP contribution is 2.25. The number of halogens is 1. The van der Waals surface area contributed by atoms with Crippen molar-refractivity contribution in [3.05, 3.63) is 29.3 Å². The molecule has 0 radical (unpaired) electrons. The van der Waals surface area contributed by atoms with E-state index in [0.29, 0.717) is 5.02 Å². The number of carbonyl (C=O) groups is 1. The first kappa shape index (κ1) is 13.4. The molecule has 2 rings (SSSR count). The van der Waals surface area contributed by atoms with Gasteiger partial charge < -0.3 is 4.74 Å². The third kappa shape index (κ3) is 2.85. The van der Waals surface area contributed by atoms with E-state index >= 15 is 0 Å². The summed E-state index contributed by atoms with van der Waals surface area (Å²) in [6.07, 6.45) is 0.262. The molecular weight excluding hydrogens is 266 g/mol. The zero-order valence-corrected chi connectivity index (χ0v) is 11.1. The topological polar surface area (TPSA) is 65.7 Å². The minimum absolute atomic E-state index is 0.262. The van der Waals surface area contributed by atoms with E-state index in [-0.39, 0.29) is 18.7 Å². The number of nitriles is 1. The number of hydrazone groups is 1. The third-order valence-electron chi connectivity index (χ3n) is 2.66. The maximum atomic E-state index is 11.6. The zero-order chi connectivity index (χ0) is 13.8. The van der Waals surface area contributed by atoms with Gasteiger partial charge in [-0.05, 0) is 31.2 Å². The van der Waals surface area contributed by atoms with E-state index < -0.39 is 12.0 Å². The number of esters is 1. The van der Waals surface area contributed by atoms with Crippen molar-refractivity contribution < 1.29 is 9.53 Å². The molecule has 0 saturated heterocycles. The van der Waals surface area contributed by atoms with Gasteiger partial charge in [-0.3, -0.25) is 0 Å². The predicted molar refractivity (Wildman–Crippen MR) is 72.0 cm³/mol. The van der Waals surface area contributed by atoms with Gasteiger partial charge in [0.25, 0.3) is 0 Å². The number of hydrogen-bond acceptors (Lipinski definition) is 5. The summed E-state index contributed by atoms with van der Waals surface area (Å²) in [5, 5.41) is 15.4. The van der Waals surface area contributed by atoms with E-state index in [9.17, 15) is 4.79 Å². The molecule has 98 valence electrons. The van der Waals surface area contributed by atoms with Crippen LogP contribution in [-0.4, -0.2) is 24.3 Å². The fourth-order valence-electron chi connectivity index (χ4n) is 1.78. The highest BCUT2D eigenvalue weighted by atomic mass is 35.5. The van der Waals surface area contributed by atoms with Crippen LogP contribution in [0.15, 0.2) is 29.4 Å². The molecule has 1 aromatic carbocycles. The Morgan fingerprint density at radius 1 is 1.58 bits per heavy atom. The Morgan fingerprint density at radius 2 is 2.26 bits per heavy atom. The first-order valence-electron chi connectivity index (χ1n) is 5.84. The first-order valence-corrected chi connectivity index (χ1v) is 6.22. The fourth-order valence-corrected chi connectivity index (χ4v) is 1.91. The van der Waals surface area contributed by atoms with Crippen molar-refractivity contribution in [2.45, 2.75) is 19.4 Å². The van der Waals surface area contributed by atoms with E-state index in [2.05, 4.69) is 11.2 Å². The average Bonchev–Trinajstić information content (AvgIpc) is 2.84. The van der Waals surface area contributed by atoms with E-state index in [1.165, 1.54) is 5.01 Å². The summed E-state index contributed by atoms with van der Waals surface area (Å²) >= 11 is 5.82. The number of hydrogen-bond donors (Lipinski definition) is 0. The van der Waals surface area contributed by atoms with Crippen molar-refractivity contribution in [3.8, 4) is 6.07 Å². The van der Waals surface area contributed by atoms with Crippen LogP contribution in [0, 0.1) is 11.3 Å². The maximum absolute atomic E-state index is 11.6. The molecule has 0 fully saturated rings. The molecule has 0 aromatic heterocycles. The Kier molecular flexibility index (Phi) is 4.03. The number of rotatable bonds is 3. The van der Waals surface area contributed by atoms with Gasteiger partial charge in [0, 0.05) is 11.4 Å². The van der Waals surface area contributed by atoms with Gasteiger partial charge >= 0.3 is 5.97 Å². The van der Waals surface area contributed by atoms with Crippen LogP contribution in [0.2, 0.25) is 5.02 Å². The first-order chi connectivity index (χ1) is 9.15. The summed E-state index contributed by atoms with van der Waals surface area (Å²) in [5.74, 6) is -0.473. The molecule has 0 bridgehead atoms. The molecule has 19 heavy (non-hydrogen) atoms. The monoisotopic (exact) mass is 277 g/mol. The normalized spacial score (nSPS) is 17.8. The summed E-state index contributed by atoms with van der Waals surface area (Å²) in [5.41, 5.74) is 0.985. The van der Waals surface area contributed by atoms with Gasteiger partial charge in [-0.1, -0.05) is 11.6 Å². The molecule has 0 saturated carbocycles.